The molecule has 0 aliphatic rings. The molecule has 0 heterocycles. The Bertz CT molecular complexity index is 1170. The molecule has 0 saturated heterocycles. The number of hydrogen-bond donors (Lipinski definition) is 0. The van der Waals surface area contributed by atoms with E-state index in [0.717, 1.165) is 64.2 Å². The molecule has 0 radical (unpaired) electrons. The van der Waals surface area contributed by atoms with E-state index in [0.29, 0.717) is 19.3 Å². The molecule has 0 aliphatic heterocycles. The zero-order chi connectivity index (χ0) is 48.6. The van der Waals surface area contributed by atoms with Crippen molar-refractivity contribution in [3.05, 3.63) is 48.6 Å². The molecule has 0 aromatic heterocycles. The Morgan fingerprint density at radius 3 is 0.940 bits per heavy atom. The summed E-state index contributed by atoms with van der Waals surface area (Å²) in [7, 11) is 0. The molecule has 0 saturated carbocycles. The van der Waals surface area contributed by atoms with Crippen LogP contribution in [0, 0.1) is 0 Å². The van der Waals surface area contributed by atoms with Crippen molar-refractivity contribution in [1.82, 2.24) is 0 Å². The summed E-state index contributed by atoms with van der Waals surface area (Å²) in [6, 6.07) is 0. The lowest BCUT2D eigenvalue weighted by Crippen LogP contribution is -2.30. The van der Waals surface area contributed by atoms with Gasteiger partial charge in [-0.25, -0.2) is 0 Å². The minimum Gasteiger partial charge on any atom is -0.462 e. The third-order valence-electron chi connectivity index (χ3n) is 12.8. The second-order valence-electron chi connectivity index (χ2n) is 19.6. The predicted molar refractivity (Wildman–Crippen MR) is 289 cm³/mol. The van der Waals surface area contributed by atoms with Gasteiger partial charge in [0, 0.05) is 19.3 Å². The average molecular weight is 940 g/mol. The number of ether oxygens (including phenoxy) is 3. The monoisotopic (exact) mass is 939 g/mol. The molecule has 0 spiro atoms. The SMILES string of the molecule is CCCC/C=C\CCCCCCCC(=O)OC[C@H](COC(=O)CCCCCCCCCCCCCCCCCCCCCCC)OC(=O)CCC/C=C\C/C=C\C/C=C\CCCCCCCC. The summed E-state index contributed by atoms with van der Waals surface area (Å²) in [5.74, 6) is -0.943. The van der Waals surface area contributed by atoms with E-state index in [9.17, 15) is 14.4 Å². The first-order valence-corrected chi connectivity index (χ1v) is 29.1. The van der Waals surface area contributed by atoms with E-state index in [-0.39, 0.29) is 37.5 Å². The van der Waals surface area contributed by atoms with Crippen molar-refractivity contribution in [2.75, 3.05) is 13.2 Å². The first kappa shape index (κ1) is 64.4. The summed E-state index contributed by atoms with van der Waals surface area (Å²) in [6.07, 6.45) is 68.3. The third kappa shape index (κ3) is 54.2. The lowest BCUT2D eigenvalue weighted by molar-refractivity contribution is -0.167. The van der Waals surface area contributed by atoms with Crippen molar-refractivity contribution in [2.45, 2.75) is 309 Å². The summed E-state index contributed by atoms with van der Waals surface area (Å²) in [5, 5.41) is 0. The van der Waals surface area contributed by atoms with E-state index in [4.69, 9.17) is 14.2 Å². The molecule has 0 aliphatic carbocycles. The Labute approximate surface area is 416 Å². The number of allylic oxidation sites excluding steroid dienone is 8. The van der Waals surface area contributed by atoms with Crippen LogP contribution >= 0.6 is 0 Å². The van der Waals surface area contributed by atoms with Crippen LogP contribution in [0.15, 0.2) is 48.6 Å². The molecule has 6 heteroatoms. The van der Waals surface area contributed by atoms with Crippen LogP contribution in [0.5, 0.6) is 0 Å². The van der Waals surface area contributed by atoms with Crippen molar-refractivity contribution in [1.29, 1.82) is 0 Å². The van der Waals surface area contributed by atoms with Gasteiger partial charge in [-0.3, -0.25) is 14.4 Å². The van der Waals surface area contributed by atoms with Gasteiger partial charge in [-0.2, -0.15) is 0 Å². The van der Waals surface area contributed by atoms with Crippen molar-refractivity contribution >= 4 is 17.9 Å². The number of rotatable bonds is 53. The molecular weight excluding hydrogens is 829 g/mol. The Kier molecular flexibility index (Phi) is 53.8. The number of esters is 3. The van der Waals surface area contributed by atoms with Gasteiger partial charge in [0.2, 0.25) is 0 Å². The molecule has 6 nitrogen and oxygen atoms in total. The third-order valence-corrected chi connectivity index (χ3v) is 12.8. The largest absolute Gasteiger partial charge is 0.462 e. The lowest BCUT2D eigenvalue weighted by Gasteiger charge is -2.18. The van der Waals surface area contributed by atoms with Crippen LogP contribution in [0.25, 0.3) is 0 Å². The molecule has 0 amide bonds. The zero-order valence-electron chi connectivity index (χ0n) is 44.7. The lowest BCUT2D eigenvalue weighted by atomic mass is 10.0. The van der Waals surface area contributed by atoms with E-state index in [2.05, 4.69) is 69.4 Å². The molecule has 1 atom stereocenters. The van der Waals surface area contributed by atoms with Crippen LogP contribution in [0.4, 0.5) is 0 Å². The Morgan fingerprint density at radius 2 is 0.567 bits per heavy atom. The molecule has 0 aromatic carbocycles. The normalized spacial score (nSPS) is 12.3. The maximum atomic E-state index is 12.8. The molecule has 0 N–H and O–H groups in total. The summed E-state index contributed by atoms with van der Waals surface area (Å²) in [6.45, 7) is 6.58. The van der Waals surface area contributed by atoms with Gasteiger partial charge in [0.15, 0.2) is 6.10 Å². The van der Waals surface area contributed by atoms with E-state index in [1.165, 1.54) is 193 Å². The summed E-state index contributed by atoms with van der Waals surface area (Å²) in [5.41, 5.74) is 0. The van der Waals surface area contributed by atoms with E-state index < -0.39 is 6.10 Å². The Hall–Kier alpha value is -2.63. The molecule has 0 bridgehead atoms. The molecule has 67 heavy (non-hydrogen) atoms. The van der Waals surface area contributed by atoms with E-state index >= 15 is 0 Å². The molecular formula is C61H110O6. The van der Waals surface area contributed by atoms with Crippen molar-refractivity contribution in [3.8, 4) is 0 Å². The number of carbonyl (C=O) groups excluding carboxylic acids is 3. The van der Waals surface area contributed by atoms with Gasteiger partial charge in [-0.05, 0) is 70.6 Å². The quantitative estimate of drug-likeness (QED) is 0.0262. The number of hydrogen-bond acceptors (Lipinski definition) is 6. The highest BCUT2D eigenvalue weighted by atomic mass is 16.6. The second kappa shape index (κ2) is 56.0. The molecule has 390 valence electrons. The summed E-state index contributed by atoms with van der Waals surface area (Å²) >= 11 is 0. The van der Waals surface area contributed by atoms with Gasteiger partial charge < -0.3 is 14.2 Å². The van der Waals surface area contributed by atoms with Gasteiger partial charge in [0.05, 0.1) is 0 Å². The topological polar surface area (TPSA) is 78.9 Å². The van der Waals surface area contributed by atoms with Gasteiger partial charge >= 0.3 is 17.9 Å². The van der Waals surface area contributed by atoms with E-state index in [1.807, 2.05) is 0 Å². The van der Waals surface area contributed by atoms with Gasteiger partial charge in [0.1, 0.15) is 13.2 Å². The van der Waals surface area contributed by atoms with Crippen molar-refractivity contribution in [2.24, 2.45) is 0 Å². The van der Waals surface area contributed by atoms with Crippen molar-refractivity contribution in [3.63, 3.8) is 0 Å². The minimum absolute atomic E-state index is 0.0928. The maximum Gasteiger partial charge on any atom is 0.306 e. The summed E-state index contributed by atoms with van der Waals surface area (Å²) in [4.78, 5) is 38.1. The number of carbonyl (C=O) groups is 3. The molecule has 0 rings (SSSR count). The molecule has 0 fully saturated rings. The summed E-state index contributed by atoms with van der Waals surface area (Å²) < 4.78 is 16.8. The standard InChI is InChI=1S/C61H110O6/c1-4-7-10-13-16-19-22-24-26-28-29-30-31-33-34-36-39-42-45-48-51-54-60(63)66-57-58(56-65-59(62)53-50-47-44-41-38-21-18-15-12-9-6-3)67-61(64)55-52-49-46-43-40-37-35-32-27-25-23-20-17-14-11-8-5-2/h15,18,25,27,35,37,43,46,58H,4-14,16-17,19-24,26,28-34,36,38-42,44-45,47-57H2,1-3H3/b18-15-,27-25-,37-35-,46-43-/t58-/m1/s1. The molecule has 0 aromatic rings. The van der Waals surface area contributed by atoms with Crippen LogP contribution in [0.2, 0.25) is 0 Å². The predicted octanol–water partition coefficient (Wildman–Crippen LogP) is 19.4. The van der Waals surface area contributed by atoms with Crippen LogP contribution in [0.3, 0.4) is 0 Å². The van der Waals surface area contributed by atoms with Gasteiger partial charge in [-0.15, -0.1) is 0 Å². The van der Waals surface area contributed by atoms with Gasteiger partial charge in [-0.1, -0.05) is 262 Å². The van der Waals surface area contributed by atoms with Crippen LogP contribution in [0.1, 0.15) is 303 Å². The highest BCUT2D eigenvalue weighted by molar-refractivity contribution is 5.71. The average Bonchev–Trinajstić information content (AvgIpc) is 3.33. The smallest absolute Gasteiger partial charge is 0.306 e. The fraction of sp³-hybridized carbons (Fsp3) is 0.820. The number of unbranched alkanes of at least 4 members (excludes halogenated alkanes) is 34. The second-order valence-corrected chi connectivity index (χ2v) is 19.6. The van der Waals surface area contributed by atoms with Crippen LogP contribution in [-0.2, 0) is 28.6 Å². The minimum atomic E-state index is -0.800. The fourth-order valence-corrected chi connectivity index (χ4v) is 8.38. The first-order valence-electron chi connectivity index (χ1n) is 29.1. The van der Waals surface area contributed by atoms with Crippen LogP contribution in [-0.4, -0.2) is 37.2 Å². The fourth-order valence-electron chi connectivity index (χ4n) is 8.38. The molecule has 0 unspecified atom stereocenters. The van der Waals surface area contributed by atoms with E-state index in [1.54, 1.807) is 0 Å². The maximum absolute atomic E-state index is 12.8. The Balaban J connectivity index is 4.34. The Morgan fingerprint density at radius 1 is 0.299 bits per heavy atom. The zero-order valence-corrected chi connectivity index (χ0v) is 44.7. The first-order chi connectivity index (χ1) is 33.0. The highest BCUT2D eigenvalue weighted by Crippen LogP contribution is 2.16. The van der Waals surface area contributed by atoms with Gasteiger partial charge in [0.25, 0.3) is 0 Å². The van der Waals surface area contributed by atoms with Crippen molar-refractivity contribution < 1.29 is 28.6 Å². The van der Waals surface area contributed by atoms with Crippen LogP contribution < -0.4 is 0 Å². The highest BCUT2D eigenvalue weighted by Gasteiger charge is 2.19.